The fourth-order valence-electron chi connectivity index (χ4n) is 3.91. The van der Waals surface area contributed by atoms with Gasteiger partial charge in [-0.1, -0.05) is 117 Å². The fraction of sp³-hybridized carbons (Fsp3) is 0.923. The Labute approximate surface area is 186 Å². The zero-order chi connectivity index (χ0) is 22.5. The minimum atomic E-state index is -1.33. The monoisotopic (exact) mass is 425 g/mol. The van der Waals surface area contributed by atoms with Crippen LogP contribution in [0.4, 0.5) is 0 Å². The van der Waals surface area contributed by atoms with Crippen LogP contribution in [0.5, 0.6) is 0 Å². The Morgan fingerprint density at radius 3 is 1.23 bits per heavy atom. The quantitative estimate of drug-likeness (QED) is 0.179. The van der Waals surface area contributed by atoms with Crippen molar-refractivity contribution < 1.29 is 14.7 Å². The van der Waals surface area contributed by atoms with Crippen molar-refractivity contribution in [3.63, 3.8) is 0 Å². The molecule has 2 unspecified atom stereocenters. The Balaban J connectivity index is 3.69. The van der Waals surface area contributed by atoms with E-state index in [0.717, 1.165) is 38.5 Å². The second-order valence-electron chi connectivity index (χ2n) is 9.06. The van der Waals surface area contributed by atoms with E-state index < -0.39 is 12.1 Å². The van der Waals surface area contributed by atoms with Crippen LogP contribution in [-0.4, -0.2) is 28.8 Å². The van der Waals surface area contributed by atoms with Crippen LogP contribution in [0.15, 0.2) is 0 Å². The molecule has 0 amide bonds. The lowest BCUT2D eigenvalue weighted by atomic mass is 9.96. The molecule has 178 valence electrons. The molecule has 0 bridgehead atoms. The van der Waals surface area contributed by atoms with Crippen molar-refractivity contribution in [2.24, 2.45) is 5.73 Å². The molecule has 0 radical (unpaired) electrons. The van der Waals surface area contributed by atoms with Gasteiger partial charge in [0.05, 0.1) is 6.04 Å². The van der Waals surface area contributed by atoms with E-state index in [1.54, 1.807) is 0 Å². The highest BCUT2D eigenvalue weighted by molar-refractivity contribution is 5.93. The molecular weight excluding hydrogens is 374 g/mol. The second kappa shape index (κ2) is 21.5. The summed E-state index contributed by atoms with van der Waals surface area (Å²) in [6.07, 6.45) is 20.7. The number of nitrogens with two attached hydrogens (primary N) is 1. The number of hydrogen-bond acceptors (Lipinski definition) is 4. The van der Waals surface area contributed by atoms with Gasteiger partial charge in [0.2, 0.25) is 0 Å². The molecule has 0 saturated carbocycles. The van der Waals surface area contributed by atoms with Crippen LogP contribution in [0.3, 0.4) is 0 Å². The summed E-state index contributed by atoms with van der Waals surface area (Å²) in [5, 5.41) is 10.1. The van der Waals surface area contributed by atoms with Crippen molar-refractivity contribution in [1.82, 2.24) is 0 Å². The molecule has 0 spiro atoms. The summed E-state index contributed by atoms with van der Waals surface area (Å²) in [6.45, 7) is 4.45. The lowest BCUT2D eigenvalue weighted by Gasteiger charge is -2.16. The third kappa shape index (κ3) is 17.0. The van der Waals surface area contributed by atoms with E-state index >= 15 is 0 Å². The van der Waals surface area contributed by atoms with Crippen LogP contribution >= 0.6 is 0 Å². The van der Waals surface area contributed by atoms with Crippen molar-refractivity contribution in [2.45, 2.75) is 154 Å². The summed E-state index contributed by atoms with van der Waals surface area (Å²) < 4.78 is 0. The number of aliphatic hydroxyl groups is 1. The first kappa shape index (κ1) is 29.3. The van der Waals surface area contributed by atoms with Crippen molar-refractivity contribution >= 4 is 11.6 Å². The molecule has 0 heterocycles. The Bertz CT molecular complexity index is 373. The smallest absolute Gasteiger partial charge is 0.163 e. The molecule has 4 heteroatoms. The largest absolute Gasteiger partial charge is 0.383 e. The number of Topliss-reactive ketones (excluding diaryl/α,β-unsaturated/α-hetero) is 2. The molecule has 30 heavy (non-hydrogen) atoms. The van der Waals surface area contributed by atoms with Crippen molar-refractivity contribution in [3.05, 3.63) is 0 Å². The predicted octanol–water partition coefficient (Wildman–Crippen LogP) is 6.65. The first-order valence-electron chi connectivity index (χ1n) is 13.0. The zero-order valence-corrected chi connectivity index (χ0v) is 20.1. The molecule has 2 atom stereocenters. The van der Waals surface area contributed by atoms with Crippen LogP contribution < -0.4 is 5.73 Å². The number of rotatable bonds is 23. The van der Waals surface area contributed by atoms with E-state index in [4.69, 9.17) is 5.73 Å². The molecule has 0 saturated heterocycles. The summed E-state index contributed by atoms with van der Waals surface area (Å²) >= 11 is 0. The molecule has 0 rings (SSSR count). The first-order valence-corrected chi connectivity index (χ1v) is 13.0. The average molecular weight is 426 g/mol. The number of aliphatic hydroxyl groups excluding tert-OH is 1. The second-order valence-corrected chi connectivity index (χ2v) is 9.06. The van der Waals surface area contributed by atoms with Gasteiger partial charge in [0.1, 0.15) is 6.10 Å². The average Bonchev–Trinajstić information content (AvgIpc) is 2.75. The van der Waals surface area contributed by atoms with Gasteiger partial charge in [-0.25, -0.2) is 0 Å². The van der Waals surface area contributed by atoms with Gasteiger partial charge in [0.15, 0.2) is 11.6 Å². The number of carbonyl (C=O) groups is 2. The van der Waals surface area contributed by atoms with Crippen molar-refractivity contribution in [3.8, 4) is 0 Å². The Morgan fingerprint density at radius 1 is 0.567 bits per heavy atom. The van der Waals surface area contributed by atoms with E-state index in [2.05, 4.69) is 13.8 Å². The number of carbonyl (C=O) groups excluding carboxylic acids is 2. The van der Waals surface area contributed by atoms with Gasteiger partial charge >= 0.3 is 0 Å². The SMILES string of the molecule is CCCCCCCCCCCC(=O)C(N)C(O)C(=O)CCCCCCCCCCC. The molecule has 0 aliphatic heterocycles. The van der Waals surface area contributed by atoms with E-state index in [9.17, 15) is 14.7 Å². The molecule has 3 N–H and O–H groups in total. The molecule has 0 aromatic carbocycles. The highest BCUT2D eigenvalue weighted by atomic mass is 16.3. The number of hydrogen-bond donors (Lipinski definition) is 2. The molecule has 4 nitrogen and oxygen atoms in total. The Hall–Kier alpha value is -0.740. The highest BCUT2D eigenvalue weighted by Gasteiger charge is 2.27. The molecule has 0 fully saturated rings. The van der Waals surface area contributed by atoms with Gasteiger partial charge in [0, 0.05) is 12.8 Å². The lowest BCUT2D eigenvalue weighted by Crippen LogP contribution is -2.46. The van der Waals surface area contributed by atoms with Gasteiger partial charge in [0.25, 0.3) is 0 Å². The van der Waals surface area contributed by atoms with Gasteiger partial charge < -0.3 is 10.8 Å². The lowest BCUT2D eigenvalue weighted by molar-refractivity contribution is -0.134. The Kier molecular flexibility index (Phi) is 21.0. The van der Waals surface area contributed by atoms with E-state index in [-0.39, 0.29) is 11.6 Å². The van der Waals surface area contributed by atoms with Gasteiger partial charge in [-0.3, -0.25) is 9.59 Å². The summed E-state index contributed by atoms with van der Waals surface area (Å²) in [6, 6.07) is -1.05. The van der Waals surface area contributed by atoms with E-state index in [1.807, 2.05) is 0 Å². The van der Waals surface area contributed by atoms with Crippen LogP contribution in [0, 0.1) is 0 Å². The van der Waals surface area contributed by atoms with Crippen molar-refractivity contribution in [2.75, 3.05) is 0 Å². The standard InChI is InChI=1S/C26H51NO3/c1-3-5-7-9-11-13-15-17-19-21-23(28)25(27)26(30)24(29)22-20-18-16-14-12-10-8-6-4-2/h25-26,30H,3-22,27H2,1-2H3. The minimum absolute atomic E-state index is 0.175. The molecule has 0 aromatic rings. The summed E-state index contributed by atoms with van der Waals surface area (Å²) in [7, 11) is 0. The first-order chi connectivity index (χ1) is 14.5. The molecule has 0 aliphatic rings. The van der Waals surface area contributed by atoms with Crippen molar-refractivity contribution in [1.29, 1.82) is 0 Å². The normalized spacial score (nSPS) is 13.3. The van der Waals surface area contributed by atoms with E-state index in [0.29, 0.717) is 12.8 Å². The third-order valence-corrected chi connectivity index (χ3v) is 6.10. The summed E-state index contributed by atoms with van der Waals surface area (Å²) in [4.78, 5) is 24.3. The molecule has 0 aromatic heterocycles. The summed E-state index contributed by atoms with van der Waals surface area (Å²) in [5.74, 6) is -0.447. The van der Waals surface area contributed by atoms with Crippen LogP contribution in [0.1, 0.15) is 142 Å². The highest BCUT2D eigenvalue weighted by Crippen LogP contribution is 2.13. The van der Waals surface area contributed by atoms with E-state index in [1.165, 1.54) is 77.0 Å². The maximum Gasteiger partial charge on any atom is 0.163 e. The number of unbranched alkanes of at least 4 members (excludes halogenated alkanes) is 16. The maximum absolute atomic E-state index is 12.2. The third-order valence-electron chi connectivity index (χ3n) is 6.10. The fourth-order valence-corrected chi connectivity index (χ4v) is 3.91. The number of ketones is 2. The van der Waals surface area contributed by atoms with Crippen LogP contribution in [0.25, 0.3) is 0 Å². The van der Waals surface area contributed by atoms with Crippen LogP contribution in [-0.2, 0) is 9.59 Å². The topological polar surface area (TPSA) is 80.4 Å². The van der Waals surface area contributed by atoms with Gasteiger partial charge in [-0.2, -0.15) is 0 Å². The molecule has 0 aliphatic carbocycles. The van der Waals surface area contributed by atoms with Crippen LogP contribution in [0.2, 0.25) is 0 Å². The summed E-state index contributed by atoms with van der Waals surface area (Å²) in [5.41, 5.74) is 5.86. The minimum Gasteiger partial charge on any atom is -0.383 e. The maximum atomic E-state index is 12.2. The zero-order valence-electron chi connectivity index (χ0n) is 20.1. The Morgan fingerprint density at radius 2 is 0.867 bits per heavy atom. The molecular formula is C26H51NO3. The predicted molar refractivity (Wildman–Crippen MR) is 128 cm³/mol. The van der Waals surface area contributed by atoms with Gasteiger partial charge in [-0.05, 0) is 12.8 Å². The van der Waals surface area contributed by atoms with Gasteiger partial charge in [-0.15, -0.1) is 0 Å².